The maximum absolute atomic E-state index is 13.0. The first-order valence-electron chi connectivity index (χ1n) is 9.46. The van der Waals surface area contributed by atoms with Crippen LogP contribution in [0, 0.1) is 17.2 Å². The molecule has 1 fully saturated rings. The molecule has 0 radical (unpaired) electrons. The summed E-state index contributed by atoms with van der Waals surface area (Å²) in [5.74, 6) is -1.63. The quantitative estimate of drug-likeness (QED) is 0.668. The van der Waals surface area contributed by atoms with E-state index >= 15 is 0 Å². The van der Waals surface area contributed by atoms with Gasteiger partial charge in [-0.25, -0.2) is 4.39 Å². The first kappa shape index (κ1) is 21.2. The lowest BCUT2D eigenvalue weighted by atomic mass is 9.77. The lowest BCUT2D eigenvalue weighted by molar-refractivity contribution is -0.163. The highest BCUT2D eigenvalue weighted by molar-refractivity contribution is 5.78. The summed E-state index contributed by atoms with van der Waals surface area (Å²) in [7, 11) is 0. The van der Waals surface area contributed by atoms with Crippen LogP contribution in [0.3, 0.4) is 0 Å². The molecule has 150 valence electrons. The second-order valence-electron chi connectivity index (χ2n) is 8.32. The first-order chi connectivity index (χ1) is 12.6. The number of halogens is 1. The minimum absolute atomic E-state index is 0.227. The minimum atomic E-state index is -0.864. The standard InChI is InChI=1S/C21H29FO5/c1-20(2,3)27-18(23)15(14-21(19(24)25)11-4-5-12-21)10-13-26-17-8-6-16(22)7-9-17/h6-9,15H,4-5,10-14H2,1-3H3,(H,24,25). The Kier molecular flexibility index (Phi) is 6.84. The summed E-state index contributed by atoms with van der Waals surface area (Å²) in [5.41, 5.74) is -1.50. The summed E-state index contributed by atoms with van der Waals surface area (Å²) in [6.45, 7) is 5.60. The van der Waals surface area contributed by atoms with Crippen molar-refractivity contribution in [1.29, 1.82) is 0 Å². The lowest BCUT2D eigenvalue weighted by Gasteiger charge is -2.30. The van der Waals surface area contributed by atoms with Crippen molar-refractivity contribution in [1.82, 2.24) is 0 Å². The number of hydrogen-bond donors (Lipinski definition) is 1. The molecule has 6 heteroatoms. The molecule has 1 aromatic rings. The molecule has 1 N–H and O–H groups in total. The molecule has 0 aliphatic heterocycles. The Hall–Kier alpha value is -2.11. The van der Waals surface area contributed by atoms with E-state index in [9.17, 15) is 19.1 Å². The van der Waals surface area contributed by atoms with Crippen molar-refractivity contribution in [2.45, 2.75) is 64.9 Å². The number of hydrogen-bond acceptors (Lipinski definition) is 4. The number of carboxylic acids is 1. The zero-order valence-corrected chi connectivity index (χ0v) is 16.3. The number of carbonyl (C=O) groups excluding carboxylic acids is 1. The lowest BCUT2D eigenvalue weighted by Crippen LogP contribution is -2.36. The molecular formula is C21H29FO5. The van der Waals surface area contributed by atoms with Gasteiger partial charge in [-0.05, 0) is 70.7 Å². The van der Waals surface area contributed by atoms with Crippen LogP contribution in [0.15, 0.2) is 24.3 Å². The van der Waals surface area contributed by atoms with E-state index in [2.05, 4.69) is 0 Å². The maximum atomic E-state index is 13.0. The summed E-state index contributed by atoms with van der Waals surface area (Å²) in [6.07, 6.45) is 3.49. The normalized spacial score (nSPS) is 17.3. The number of aliphatic carboxylic acids is 1. The highest BCUT2D eigenvalue weighted by Gasteiger charge is 2.44. The molecule has 0 aromatic heterocycles. The van der Waals surface area contributed by atoms with Gasteiger partial charge in [0.05, 0.1) is 17.9 Å². The van der Waals surface area contributed by atoms with Gasteiger partial charge in [-0.1, -0.05) is 12.8 Å². The Morgan fingerprint density at radius 1 is 1.19 bits per heavy atom. The fourth-order valence-corrected chi connectivity index (χ4v) is 3.57. The van der Waals surface area contributed by atoms with Crippen molar-refractivity contribution < 1.29 is 28.6 Å². The third-order valence-corrected chi connectivity index (χ3v) is 4.94. The van der Waals surface area contributed by atoms with Crippen LogP contribution >= 0.6 is 0 Å². The van der Waals surface area contributed by atoms with E-state index in [-0.39, 0.29) is 18.8 Å². The van der Waals surface area contributed by atoms with Crippen LogP contribution < -0.4 is 4.74 Å². The van der Waals surface area contributed by atoms with Crippen molar-refractivity contribution in [2.24, 2.45) is 11.3 Å². The molecule has 1 aliphatic rings. The monoisotopic (exact) mass is 380 g/mol. The van der Waals surface area contributed by atoms with Crippen LogP contribution in [0.2, 0.25) is 0 Å². The van der Waals surface area contributed by atoms with Crippen LogP contribution in [0.1, 0.15) is 59.3 Å². The largest absolute Gasteiger partial charge is 0.494 e. The Labute approximate surface area is 159 Å². The zero-order chi connectivity index (χ0) is 20.1. The Morgan fingerprint density at radius 2 is 1.78 bits per heavy atom. The van der Waals surface area contributed by atoms with Gasteiger partial charge in [-0.2, -0.15) is 0 Å². The van der Waals surface area contributed by atoms with Crippen LogP contribution in [0.25, 0.3) is 0 Å². The second kappa shape index (κ2) is 8.72. The molecule has 0 bridgehead atoms. The van der Waals surface area contributed by atoms with Crippen LogP contribution in [-0.4, -0.2) is 29.3 Å². The Morgan fingerprint density at radius 3 is 2.30 bits per heavy atom. The predicted octanol–water partition coefficient (Wildman–Crippen LogP) is 4.59. The van der Waals surface area contributed by atoms with Crippen molar-refractivity contribution in [3.63, 3.8) is 0 Å². The van der Waals surface area contributed by atoms with Crippen LogP contribution in [0.5, 0.6) is 5.75 Å². The van der Waals surface area contributed by atoms with E-state index in [1.165, 1.54) is 24.3 Å². The average Bonchev–Trinajstić information content (AvgIpc) is 3.04. The summed E-state index contributed by atoms with van der Waals surface area (Å²) in [5, 5.41) is 9.74. The van der Waals surface area contributed by atoms with Gasteiger partial charge in [0.2, 0.25) is 0 Å². The number of rotatable bonds is 8. The van der Waals surface area contributed by atoms with E-state index in [0.717, 1.165) is 12.8 Å². The van der Waals surface area contributed by atoms with Crippen molar-refractivity contribution in [3.05, 3.63) is 30.1 Å². The number of esters is 1. The summed E-state index contributed by atoms with van der Waals surface area (Å²) >= 11 is 0. The van der Waals surface area contributed by atoms with Gasteiger partial charge >= 0.3 is 11.9 Å². The van der Waals surface area contributed by atoms with Gasteiger partial charge in [-0.3, -0.25) is 9.59 Å². The number of carbonyl (C=O) groups is 2. The van der Waals surface area contributed by atoms with Crippen molar-refractivity contribution in [2.75, 3.05) is 6.61 Å². The minimum Gasteiger partial charge on any atom is -0.494 e. The fraction of sp³-hybridized carbons (Fsp3) is 0.619. The Balaban J connectivity index is 2.05. The molecule has 0 heterocycles. The SMILES string of the molecule is CC(C)(C)OC(=O)C(CCOc1ccc(F)cc1)CC1(C(=O)O)CCCC1. The van der Waals surface area contributed by atoms with E-state index in [1.807, 2.05) is 0 Å². The van der Waals surface area contributed by atoms with Gasteiger partial charge in [0.15, 0.2) is 0 Å². The molecular weight excluding hydrogens is 351 g/mol. The Bertz CT molecular complexity index is 642. The fourth-order valence-electron chi connectivity index (χ4n) is 3.57. The highest BCUT2D eigenvalue weighted by atomic mass is 19.1. The molecule has 5 nitrogen and oxygen atoms in total. The third kappa shape index (κ3) is 6.22. The van der Waals surface area contributed by atoms with Crippen LogP contribution in [0.4, 0.5) is 4.39 Å². The number of ether oxygens (including phenoxy) is 2. The molecule has 0 spiro atoms. The van der Waals surface area contributed by atoms with Crippen LogP contribution in [-0.2, 0) is 14.3 Å². The maximum Gasteiger partial charge on any atom is 0.309 e. The van der Waals surface area contributed by atoms with E-state index in [4.69, 9.17) is 9.47 Å². The molecule has 1 saturated carbocycles. The first-order valence-corrected chi connectivity index (χ1v) is 9.46. The van der Waals surface area contributed by atoms with Gasteiger partial charge < -0.3 is 14.6 Å². The van der Waals surface area contributed by atoms with Crippen molar-refractivity contribution >= 4 is 11.9 Å². The number of carboxylic acid groups (broad SMARTS) is 1. The summed E-state index contributed by atoms with van der Waals surface area (Å²) < 4.78 is 24.1. The van der Waals surface area contributed by atoms with E-state index in [0.29, 0.717) is 25.0 Å². The topological polar surface area (TPSA) is 72.8 Å². The second-order valence-corrected chi connectivity index (χ2v) is 8.32. The van der Waals surface area contributed by atoms with Gasteiger partial charge in [0.1, 0.15) is 17.2 Å². The molecule has 1 unspecified atom stereocenters. The van der Waals surface area contributed by atoms with Gasteiger partial charge in [0.25, 0.3) is 0 Å². The van der Waals surface area contributed by atoms with E-state index < -0.39 is 28.9 Å². The molecule has 2 rings (SSSR count). The smallest absolute Gasteiger partial charge is 0.309 e. The van der Waals surface area contributed by atoms with Gasteiger partial charge in [-0.15, -0.1) is 0 Å². The van der Waals surface area contributed by atoms with E-state index in [1.54, 1.807) is 20.8 Å². The summed E-state index contributed by atoms with van der Waals surface area (Å²) in [4.78, 5) is 24.6. The average molecular weight is 380 g/mol. The zero-order valence-electron chi connectivity index (χ0n) is 16.3. The predicted molar refractivity (Wildman–Crippen MR) is 99.0 cm³/mol. The molecule has 0 saturated heterocycles. The van der Waals surface area contributed by atoms with Gasteiger partial charge in [0, 0.05) is 0 Å². The molecule has 0 amide bonds. The molecule has 27 heavy (non-hydrogen) atoms. The molecule has 1 aromatic carbocycles. The number of benzene rings is 1. The summed E-state index contributed by atoms with van der Waals surface area (Å²) in [6, 6.07) is 5.65. The third-order valence-electron chi connectivity index (χ3n) is 4.94. The molecule has 1 aliphatic carbocycles. The molecule has 1 atom stereocenters. The van der Waals surface area contributed by atoms with Crippen molar-refractivity contribution in [3.8, 4) is 5.75 Å². The highest BCUT2D eigenvalue weighted by Crippen LogP contribution is 2.44.